The van der Waals surface area contributed by atoms with E-state index < -0.39 is 11.9 Å². The number of ether oxygens (including phenoxy) is 1. The average Bonchev–Trinajstić information content (AvgIpc) is 3.89. The highest BCUT2D eigenvalue weighted by Crippen LogP contribution is 2.35. The summed E-state index contributed by atoms with van der Waals surface area (Å²) in [7, 11) is 3.49. The van der Waals surface area contributed by atoms with E-state index in [0.717, 1.165) is 39.2 Å². The van der Waals surface area contributed by atoms with E-state index in [4.69, 9.17) is 19.7 Å². The van der Waals surface area contributed by atoms with E-state index in [1.807, 2.05) is 85.6 Å². The Morgan fingerprint density at radius 1 is 0.906 bits per heavy atom. The minimum absolute atomic E-state index is 0.0671. The number of hydrogen-bond donors (Lipinski definition) is 1. The molecule has 13 heteroatoms. The summed E-state index contributed by atoms with van der Waals surface area (Å²) >= 11 is 0. The summed E-state index contributed by atoms with van der Waals surface area (Å²) in [6.07, 6.45) is 3.28. The molecule has 1 fully saturated rings. The Morgan fingerprint density at radius 2 is 1.75 bits per heavy atom. The predicted octanol–water partition coefficient (Wildman–Crippen LogP) is 5.89. The minimum atomic E-state index is -0.564. The molecular formula is C40H37FN10O2. The van der Waals surface area contributed by atoms with E-state index in [2.05, 4.69) is 26.0 Å². The smallest absolute Gasteiger partial charge is 0.245 e. The summed E-state index contributed by atoms with van der Waals surface area (Å²) in [6.45, 7) is 3.31. The van der Waals surface area contributed by atoms with Gasteiger partial charge in [-0.15, -0.1) is 0 Å². The van der Waals surface area contributed by atoms with Crippen molar-refractivity contribution < 1.29 is 13.9 Å². The summed E-state index contributed by atoms with van der Waals surface area (Å²) in [5.41, 5.74) is 6.03. The topological polar surface area (TPSA) is 119 Å². The number of amides is 1. The van der Waals surface area contributed by atoms with Gasteiger partial charge in [0.1, 0.15) is 41.3 Å². The van der Waals surface area contributed by atoms with Gasteiger partial charge >= 0.3 is 0 Å². The summed E-state index contributed by atoms with van der Waals surface area (Å²) in [5, 5.41) is 8.81. The van der Waals surface area contributed by atoms with Gasteiger partial charge in [0.05, 0.1) is 41.0 Å². The molecule has 0 saturated carbocycles. The zero-order chi connectivity index (χ0) is 36.2. The van der Waals surface area contributed by atoms with Crippen LogP contribution in [-0.4, -0.2) is 90.5 Å². The second-order valence-corrected chi connectivity index (χ2v) is 13.7. The molecule has 1 saturated heterocycles. The number of fused-ring (bicyclic) bond motifs is 6. The zero-order valence-electron chi connectivity index (χ0n) is 29.5. The number of carbonyl (C=O) groups excluding carboxylic acids is 1. The number of nitrogens with zero attached hydrogens (tertiary/aromatic N) is 9. The maximum atomic E-state index is 15.7. The van der Waals surface area contributed by atoms with Gasteiger partial charge < -0.3 is 24.4 Å². The number of benzene rings is 3. The number of pyridine rings is 1. The molecule has 12 nitrogen and oxygen atoms in total. The van der Waals surface area contributed by atoms with Gasteiger partial charge in [-0.3, -0.25) is 4.79 Å². The number of halogens is 1. The van der Waals surface area contributed by atoms with Crippen LogP contribution in [0.2, 0.25) is 0 Å². The van der Waals surface area contributed by atoms with Gasteiger partial charge in [0, 0.05) is 38.9 Å². The molecule has 1 N–H and O–H groups in total. The third kappa shape index (κ3) is 5.73. The Labute approximate surface area is 304 Å². The number of rotatable bonds is 4. The third-order valence-corrected chi connectivity index (χ3v) is 10.4. The lowest BCUT2D eigenvalue weighted by Gasteiger charge is -2.30. The van der Waals surface area contributed by atoms with Crippen molar-refractivity contribution >= 4 is 39.6 Å². The fraction of sp³-hybridized carbons (Fsp3) is 0.250. The van der Waals surface area contributed by atoms with Crippen LogP contribution >= 0.6 is 0 Å². The van der Waals surface area contributed by atoms with E-state index in [1.165, 1.54) is 17.1 Å². The summed E-state index contributed by atoms with van der Waals surface area (Å²) < 4.78 is 25.4. The standard InChI is InChI=1S/C40H37FN10O2/c1-24-45-33-13-7-11-29-32-12-8-14-36(47-32)46-27-18-35(40(52)48(2)21-28(53-3)22-49(24)37(29)33)50(20-27)38-30-19-44-51(39(30)43-23-42-38)34-16-15-26(17-31(34)41)25-9-5-4-6-10-25/h4-17,19,23,27-28,35H,18,20-22H2,1-3H3,(H,46,47)/t27-,28?,35-/m0/s1. The number of aromatic nitrogens is 7. The number of aryl methyl sites for hydroxylation is 1. The number of methoxy groups -OCH3 is 1. The molecule has 266 valence electrons. The highest BCUT2D eigenvalue weighted by atomic mass is 19.1. The van der Waals surface area contributed by atoms with Crippen LogP contribution in [0.4, 0.5) is 16.0 Å². The normalized spacial score (nSPS) is 19.0. The molecule has 1 amide bonds. The molecule has 7 aromatic rings. The average molecular weight is 709 g/mol. The van der Waals surface area contributed by atoms with Crippen molar-refractivity contribution in [2.45, 2.75) is 38.1 Å². The number of imidazole rings is 1. The molecule has 3 atom stereocenters. The van der Waals surface area contributed by atoms with Gasteiger partial charge in [-0.1, -0.05) is 54.6 Å². The van der Waals surface area contributed by atoms with Crippen LogP contribution < -0.4 is 10.2 Å². The van der Waals surface area contributed by atoms with Crippen molar-refractivity contribution in [3.05, 3.63) is 109 Å². The second-order valence-electron chi connectivity index (χ2n) is 13.7. The van der Waals surface area contributed by atoms with Crippen LogP contribution in [0.1, 0.15) is 12.2 Å². The number of para-hydroxylation sites is 1. The van der Waals surface area contributed by atoms with E-state index >= 15 is 4.39 Å². The first kappa shape index (κ1) is 32.7. The van der Waals surface area contributed by atoms with Crippen molar-refractivity contribution in [2.24, 2.45) is 0 Å². The van der Waals surface area contributed by atoms with E-state index in [1.54, 1.807) is 24.3 Å². The monoisotopic (exact) mass is 708 g/mol. The zero-order valence-corrected chi connectivity index (χ0v) is 29.5. The molecular weight excluding hydrogens is 672 g/mol. The van der Waals surface area contributed by atoms with Gasteiger partial charge in [-0.2, -0.15) is 5.10 Å². The SMILES string of the molecule is COC1CN(C)C(=O)[C@@H]2C[C@@H](CN2c2ncnc3c2cnn3-c2ccc(-c3ccccc3)cc2F)Nc2cccc(n2)-c2cccc3nc(C)n(c23)C1. The highest BCUT2D eigenvalue weighted by Gasteiger charge is 2.41. The first-order valence-electron chi connectivity index (χ1n) is 17.6. The van der Waals surface area contributed by atoms with E-state index in [9.17, 15) is 4.79 Å². The maximum absolute atomic E-state index is 15.7. The number of anilines is 2. The Balaban J connectivity index is 1.10. The van der Waals surface area contributed by atoms with E-state index in [0.29, 0.717) is 48.7 Å². The molecule has 1 unspecified atom stereocenters. The lowest BCUT2D eigenvalue weighted by molar-refractivity contribution is -0.132. The molecule has 9 rings (SSSR count). The van der Waals surface area contributed by atoms with Crippen LogP contribution in [0.25, 0.3) is 50.1 Å². The molecule has 2 aliphatic rings. The summed E-state index contributed by atoms with van der Waals surface area (Å²) in [5.74, 6) is 1.61. The Bertz CT molecular complexity index is 2500. The minimum Gasteiger partial charge on any atom is -0.378 e. The Hall–Kier alpha value is -6.21. The molecule has 0 spiro atoms. The largest absolute Gasteiger partial charge is 0.378 e. The second kappa shape index (κ2) is 13.1. The van der Waals surface area contributed by atoms with Gasteiger partial charge in [0.15, 0.2) is 5.65 Å². The van der Waals surface area contributed by atoms with Gasteiger partial charge in [0.2, 0.25) is 5.91 Å². The number of nitrogens with one attached hydrogen (secondary N) is 1. The third-order valence-electron chi connectivity index (χ3n) is 10.4. The fourth-order valence-electron chi connectivity index (χ4n) is 7.80. The highest BCUT2D eigenvalue weighted by molar-refractivity contribution is 5.94. The van der Waals surface area contributed by atoms with Crippen molar-refractivity contribution in [3.63, 3.8) is 0 Å². The number of hydrogen-bond acceptors (Lipinski definition) is 9. The molecule has 53 heavy (non-hydrogen) atoms. The van der Waals surface area contributed by atoms with Crippen molar-refractivity contribution in [2.75, 3.05) is 37.5 Å². The van der Waals surface area contributed by atoms with Crippen molar-refractivity contribution in [1.29, 1.82) is 0 Å². The molecule has 4 aromatic heterocycles. The first-order chi connectivity index (χ1) is 25.9. The van der Waals surface area contributed by atoms with Gasteiger partial charge in [-0.05, 0) is 54.8 Å². The first-order valence-corrected chi connectivity index (χ1v) is 17.6. The van der Waals surface area contributed by atoms with Crippen LogP contribution in [-0.2, 0) is 16.1 Å². The summed E-state index contributed by atoms with van der Waals surface area (Å²) in [4.78, 5) is 37.4. The molecule has 6 heterocycles. The number of carbonyl (C=O) groups is 1. The maximum Gasteiger partial charge on any atom is 0.245 e. The predicted molar refractivity (Wildman–Crippen MR) is 201 cm³/mol. The molecule has 2 aliphatic heterocycles. The Kier molecular flexibility index (Phi) is 8.07. The number of likely N-dealkylation sites (N-methyl/N-ethyl adjacent to an activating group) is 1. The van der Waals surface area contributed by atoms with Crippen LogP contribution in [0.5, 0.6) is 0 Å². The van der Waals surface area contributed by atoms with Gasteiger partial charge in [0.25, 0.3) is 0 Å². The van der Waals surface area contributed by atoms with Crippen LogP contribution in [0.15, 0.2) is 97.5 Å². The lowest BCUT2D eigenvalue weighted by Crippen LogP contribution is -2.47. The van der Waals surface area contributed by atoms with Crippen LogP contribution in [0.3, 0.4) is 0 Å². The quantitative estimate of drug-likeness (QED) is 0.239. The lowest BCUT2D eigenvalue weighted by atomic mass is 10.1. The van der Waals surface area contributed by atoms with Gasteiger partial charge in [-0.25, -0.2) is 29.0 Å². The van der Waals surface area contributed by atoms with E-state index in [-0.39, 0.29) is 23.7 Å². The molecule has 3 aromatic carbocycles. The molecule has 0 aliphatic carbocycles. The summed E-state index contributed by atoms with van der Waals surface area (Å²) in [6, 6.07) is 26.1. The van der Waals surface area contributed by atoms with Crippen LogP contribution in [0, 0.1) is 12.7 Å². The van der Waals surface area contributed by atoms with Crippen molar-refractivity contribution in [3.8, 4) is 28.1 Å². The molecule has 4 bridgehead atoms. The Morgan fingerprint density at radius 3 is 2.58 bits per heavy atom. The van der Waals surface area contributed by atoms with Crippen molar-refractivity contribution in [1.82, 2.24) is 39.2 Å². The fourth-order valence-corrected chi connectivity index (χ4v) is 7.80. The molecule has 0 radical (unpaired) electrons.